The number of para-hydroxylation sites is 4. The predicted molar refractivity (Wildman–Crippen MR) is 287 cm³/mol. The van der Waals surface area contributed by atoms with E-state index >= 15 is 0 Å². The molecule has 0 atom stereocenters. The van der Waals surface area contributed by atoms with Crippen molar-refractivity contribution in [1.29, 1.82) is 0 Å². The van der Waals surface area contributed by atoms with Gasteiger partial charge in [-0.15, -0.1) is 0 Å². The van der Waals surface area contributed by atoms with E-state index in [-0.39, 0.29) is 0 Å². The Morgan fingerprint density at radius 2 is 0.826 bits per heavy atom. The molecule has 1 aliphatic heterocycles. The molecule has 0 aliphatic carbocycles. The summed E-state index contributed by atoms with van der Waals surface area (Å²) in [5.74, 6) is 1.67. The van der Waals surface area contributed by atoms with Crippen LogP contribution >= 0.6 is 0 Å². The molecule has 0 amide bonds. The van der Waals surface area contributed by atoms with Gasteiger partial charge in [0, 0.05) is 66.8 Å². The zero-order chi connectivity index (χ0) is 45.2. The Morgan fingerprint density at radius 3 is 1.55 bits per heavy atom. The number of rotatable bonds is 6. The van der Waals surface area contributed by atoms with E-state index in [0.29, 0.717) is 0 Å². The summed E-state index contributed by atoms with van der Waals surface area (Å²) >= 11 is 0. The number of fused-ring (bicyclic) bond motifs is 13. The van der Waals surface area contributed by atoms with Crippen LogP contribution in [0.3, 0.4) is 0 Å². The fourth-order valence-electron chi connectivity index (χ4n) is 11.4. The standard InChI is InChI=1S/C64H40N4O/c1-4-17-41(18-5-1)42-21-16-26-47(35-42)65(48-31-33-51-50-27-12-14-29-54(50)66(56(51)38-48)45-22-6-2-7-23-45)49-32-34-53-57(39-49)68-58-36-43-19-10-11-20-44(43)37-60(58)69-61-40-59-62(63(53)64(61)68)52-28-13-15-30-55(52)67(59)46-24-8-3-9-25-46/h1-40H. The number of hydrogen-bond donors (Lipinski definition) is 0. The minimum absolute atomic E-state index is 0.832. The monoisotopic (exact) mass is 880 g/mol. The van der Waals surface area contributed by atoms with Crippen LogP contribution in [-0.2, 0) is 0 Å². The van der Waals surface area contributed by atoms with Crippen molar-refractivity contribution in [3.8, 4) is 39.7 Å². The molecule has 3 aromatic heterocycles. The maximum absolute atomic E-state index is 7.12. The van der Waals surface area contributed by atoms with Crippen molar-refractivity contribution >= 4 is 93.3 Å². The molecule has 15 rings (SSSR count). The maximum atomic E-state index is 7.12. The summed E-state index contributed by atoms with van der Waals surface area (Å²) < 4.78 is 14.4. The molecule has 69 heavy (non-hydrogen) atoms. The molecular formula is C64H40N4O. The van der Waals surface area contributed by atoms with Crippen molar-refractivity contribution in [1.82, 2.24) is 13.7 Å². The van der Waals surface area contributed by atoms with Gasteiger partial charge in [-0.1, -0.05) is 152 Å². The highest BCUT2D eigenvalue weighted by molar-refractivity contribution is 6.31. The van der Waals surface area contributed by atoms with Gasteiger partial charge in [0.1, 0.15) is 0 Å². The number of ether oxygens (including phenoxy) is 1. The largest absolute Gasteiger partial charge is 0.453 e. The van der Waals surface area contributed by atoms with Crippen LogP contribution in [0.15, 0.2) is 243 Å². The Morgan fingerprint density at radius 1 is 0.304 bits per heavy atom. The Balaban J connectivity index is 1.05. The minimum Gasteiger partial charge on any atom is -0.453 e. The topological polar surface area (TPSA) is 27.3 Å². The summed E-state index contributed by atoms with van der Waals surface area (Å²) in [6.45, 7) is 0. The van der Waals surface area contributed by atoms with E-state index in [1.165, 1.54) is 43.4 Å². The van der Waals surface area contributed by atoms with Gasteiger partial charge in [-0.3, -0.25) is 0 Å². The van der Waals surface area contributed by atoms with Crippen molar-refractivity contribution < 1.29 is 4.74 Å². The molecule has 0 saturated heterocycles. The first kappa shape index (κ1) is 37.9. The van der Waals surface area contributed by atoms with Gasteiger partial charge in [-0.2, -0.15) is 0 Å². The van der Waals surface area contributed by atoms with E-state index in [2.05, 4.69) is 261 Å². The Labute approximate surface area is 397 Å². The molecule has 1 aliphatic rings. The van der Waals surface area contributed by atoms with Crippen LogP contribution in [0.25, 0.3) is 104 Å². The van der Waals surface area contributed by atoms with Crippen molar-refractivity contribution in [3.05, 3.63) is 243 Å². The SMILES string of the molecule is c1ccc(-c2cccc(N(c3ccc4c5ccccc5n(-c5ccccc5)c4c3)c3ccc4c5c6c7ccccc7n(-c7ccccc7)c6cc6c5n(c4c3)-c3cc4ccccc4cc3O6)c2)cc1. The summed E-state index contributed by atoms with van der Waals surface area (Å²) in [5, 5.41) is 9.51. The van der Waals surface area contributed by atoms with E-state index in [1.54, 1.807) is 0 Å². The molecule has 11 aromatic carbocycles. The van der Waals surface area contributed by atoms with E-state index in [0.717, 1.165) is 89.5 Å². The number of aromatic nitrogens is 3. The van der Waals surface area contributed by atoms with Gasteiger partial charge in [0.2, 0.25) is 0 Å². The second kappa shape index (κ2) is 14.6. The van der Waals surface area contributed by atoms with Crippen molar-refractivity contribution in [3.63, 3.8) is 0 Å². The lowest BCUT2D eigenvalue weighted by Crippen LogP contribution is -2.11. The van der Waals surface area contributed by atoms with E-state index < -0.39 is 0 Å². The molecule has 0 unspecified atom stereocenters. The molecule has 4 heterocycles. The summed E-state index contributed by atoms with van der Waals surface area (Å²) in [6.07, 6.45) is 0. The fourth-order valence-corrected chi connectivity index (χ4v) is 11.4. The van der Waals surface area contributed by atoms with E-state index in [4.69, 9.17) is 4.74 Å². The molecule has 14 aromatic rings. The van der Waals surface area contributed by atoms with E-state index in [1.807, 2.05) is 0 Å². The minimum atomic E-state index is 0.832. The number of hydrogen-bond acceptors (Lipinski definition) is 2. The third-order valence-electron chi connectivity index (χ3n) is 14.3. The lowest BCUT2D eigenvalue weighted by Gasteiger charge is -2.27. The molecular weight excluding hydrogens is 841 g/mol. The number of benzene rings is 11. The zero-order valence-electron chi connectivity index (χ0n) is 37.3. The zero-order valence-corrected chi connectivity index (χ0v) is 37.3. The third kappa shape index (κ3) is 5.59. The lowest BCUT2D eigenvalue weighted by atomic mass is 10.0. The predicted octanol–water partition coefficient (Wildman–Crippen LogP) is 17.4. The molecule has 0 N–H and O–H groups in total. The molecule has 0 bridgehead atoms. The Hall–Kier alpha value is -9.32. The highest BCUT2D eigenvalue weighted by Gasteiger charge is 2.30. The molecule has 0 spiro atoms. The first-order valence-corrected chi connectivity index (χ1v) is 23.6. The summed E-state index contributed by atoms with van der Waals surface area (Å²) in [6, 6.07) is 88.0. The quantitative estimate of drug-likeness (QED) is 0.166. The summed E-state index contributed by atoms with van der Waals surface area (Å²) in [4.78, 5) is 2.43. The van der Waals surface area contributed by atoms with Gasteiger partial charge in [-0.25, -0.2) is 0 Å². The molecule has 0 saturated carbocycles. The van der Waals surface area contributed by atoms with Gasteiger partial charge in [-0.05, 0) is 107 Å². The molecule has 322 valence electrons. The van der Waals surface area contributed by atoms with Crippen LogP contribution in [0.1, 0.15) is 0 Å². The second-order valence-electron chi connectivity index (χ2n) is 18.1. The Bertz CT molecular complexity index is 4390. The van der Waals surface area contributed by atoms with Crippen molar-refractivity contribution in [2.45, 2.75) is 0 Å². The van der Waals surface area contributed by atoms with Crippen LogP contribution < -0.4 is 9.64 Å². The van der Waals surface area contributed by atoms with Crippen molar-refractivity contribution in [2.24, 2.45) is 0 Å². The highest BCUT2D eigenvalue weighted by atomic mass is 16.5. The molecule has 0 radical (unpaired) electrons. The van der Waals surface area contributed by atoms with Crippen LogP contribution in [0, 0.1) is 0 Å². The summed E-state index contributed by atoms with van der Waals surface area (Å²) in [5.41, 5.74) is 15.5. The maximum Gasteiger partial charge on any atom is 0.154 e. The van der Waals surface area contributed by atoms with Crippen LogP contribution in [0.4, 0.5) is 17.1 Å². The van der Waals surface area contributed by atoms with Gasteiger partial charge < -0.3 is 23.3 Å². The van der Waals surface area contributed by atoms with Crippen LogP contribution in [0.2, 0.25) is 0 Å². The van der Waals surface area contributed by atoms with Gasteiger partial charge in [0.25, 0.3) is 0 Å². The average molecular weight is 881 g/mol. The van der Waals surface area contributed by atoms with Gasteiger partial charge in [0.15, 0.2) is 11.5 Å². The number of nitrogens with zero attached hydrogens (tertiary/aromatic N) is 4. The third-order valence-corrected chi connectivity index (χ3v) is 14.3. The molecule has 5 nitrogen and oxygen atoms in total. The normalized spacial score (nSPS) is 12.2. The molecule has 0 fully saturated rings. The van der Waals surface area contributed by atoms with Gasteiger partial charge in [0.05, 0.1) is 38.8 Å². The van der Waals surface area contributed by atoms with Crippen molar-refractivity contribution in [2.75, 3.05) is 4.90 Å². The second-order valence-corrected chi connectivity index (χ2v) is 18.1. The lowest BCUT2D eigenvalue weighted by molar-refractivity contribution is 0.478. The molecule has 5 heteroatoms. The Kier molecular flexibility index (Phi) is 8.00. The summed E-state index contributed by atoms with van der Waals surface area (Å²) in [7, 11) is 0. The smallest absolute Gasteiger partial charge is 0.154 e. The number of anilines is 3. The van der Waals surface area contributed by atoms with Gasteiger partial charge >= 0.3 is 0 Å². The van der Waals surface area contributed by atoms with Crippen LogP contribution in [-0.4, -0.2) is 13.7 Å². The van der Waals surface area contributed by atoms with E-state index in [9.17, 15) is 0 Å². The fraction of sp³-hybridized carbons (Fsp3) is 0. The average Bonchev–Trinajstić information content (AvgIpc) is 4.05. The highest BCUT2D eigenvalue weighted by Crippen LogP contribution is 2.52. The first-order chi connectivity index (χ1) is 34.2. The van der Waals surface area contributed by atoms with Crippen LogP contribution in [0.5, 0.6) is 11.5 Å². The first-order valence-electron chi connectivity index (χ1n) is 23.6.